The molecule has 1 aromatic carbocycles. The van der Waals surface area contributed by atoms with Crippen molar-refractivity contribution in [2.45, 2.75) is 32.5 Å². The Morgan fingerprint density at radius 2 is 2.04 bits per heavy atom. The average Bonchev–Trinajstić information content (AvgIpc) is 3.28. The molecule has 5 nitrogen and oxygen atoms in total. The van der Waals surface area contributed by atoms with Gasteiger partial charge in [-0.25, -0.2) is 4.68 Å². The summed E-state index contributed by atoms with van der Waals surface area (Å²) in [4.78, 5) is 4.02. The normalized spacial score (nSPS) is 17.1. The Balaban J connectivity index is 1.62. The van der Waals surface area contributed by atoms with Crippen molar-refractivity contribution in [3.8, 4) is 17.1 Å². The number of aromatic nitrogens is 3. The summed E-state index contributed by atoms with van der Waals surface area (Å²) in [7, 11) is 3.66. The van der Waals surface area contributed by atoms with Gasteiger partial charge in [0.25, 0.3) is 0 Å². The summed E-state index contributed by atoms with van der Waals surface area (Å²) in [6.45, 7) is 4.02. The summed E-state index contributed by atoms with van der Waals surface area (Å²) < 4.78 is 9.93. The Kier molecular flexibility index (Phi) is 5.16. The molecule has 0 aliphatic carbocycles. The third kappa shape index (κ3) is 3.35. The molecular weight excluding hydrogens is 376 g/mol. The van der Waals surface area contributed by atoms with Crippen molar-refractivity contribution in [3.63, 3.8) is 0 Å². The second-order valence-corrected chi connectivity index (χ2v) is 8.19. The van der Waals surface area contributed by atoms with Gasteiger partial charge in [0.1, 0.15) is 5.75 Å². The summed E-state index contributed by atoms with van der Waals surface area (Å²) in [5.41, 5.74) is 2.51. The molecule has 4 rings (SSSR count). The first-order valence-corrected chi connectivity index (χ1v) is 10.5. The molecule has 7 heteroatoms. The van der Waals surface area contributed by atoms with Gasteiger partial charge in [0.15, 0.2) is 10.6 Å². The van der Waals surface area contributed by atoms with Crippen molar-refractivity contribution in [2.75, 3.05) is 13.7 Å². The zero-order chi connectivity index (χ0) is 19.0. The number of fused-ring (bicyclic) bond motifs is 1. The molecule has 0 saturated carbocycles. The van der Waals surface area contributed by atoms with Gasteiger partial charge in [0, 0.05) is 30.1 Å². The van der Waals surface area contributed by atoms with E-state index < -0.39 is 0 Å². The quantitative estimate of drug-likeness (QED) is 0.584. The molecule has 2 aromatic heterocycles. The number of nitrogens with zero attached hydrogens (tertiary/aromatic N) is 4. The van der Waals surface area contributed by atoms with Crippen LogP contribution in [0, 0.1) is 4.77 Å². The fourth-order valence-electron chi connectivity index (χ4n) is 3.84. The van der Waals surface area contributed by atoms with Crippen LogP contribution in [0.4, 0.5) is 0 Å². The van der Waals surface area contributed by atoms with Crippen LogP contribution in [0.15, 0.2) is 35.7 Å². The lowest BCUT2D eigenvalue weighted by Crippen LogP contribution is -2.36. The Morgan fingerprint density at radius 3 is 2.74 bits per heavy atom. The molecule has 1 aliphatic heterocycles. The molecule has 0 saturated heterocycles. The monoisotopic (exact) mass is 400 g/mol. The highest BCUT2D eigenvalue weighted by Gasteiger charge is 2.27. The zero-order valence-electron chi connectivity index (χ0n) is 15.9. The second-order valence-electron chi connectivity index (χ2n) is 6.82. The van der Waals surface area contributed by atoms with Crippen molar-refractivity contribution in [3.05, 3.63) is 50.9 Å². The predicted octanol–water partition coefficient (Wildman–Crippen LogP) is 4.66. The lowest BCUT2D eigenvalue weighted by Gasteiger charge is -2.35. The van der Waals surface area contributed by atoms with Crippen LogP contribution < -0.4 is 4.74 Å². The molecule has 0 N–H and O–H groups in total. The third-order valence-electron chi connectivity index (χ3n) is 5.30. The largest absolute Gasteiger partial charge is 0.497 e. The van der Waals surface area contributed by atoms with E-state index in [9.17, 15) is 0 Å². The van der Waals surface area contributed by atoms with E-state index in [2.05, 4.69) is 23.3 Å². The first-order chi connectivity index (χ1) is 13.1. The highest BCUT2D eigenvalue weighted by Crippen LogP contribution is 2.35. The molecular formula is C20H24N4OS2. The van der Waals surface area contributed by atoms with Crippen molar-refractivity contribution in [1.82, 2.24) is 19.2 Å². The summed E-state index contributed by atoms with van der Waals surface area (Å²) in [5, 5.41) is 7.05. The predicted molar refractivity (Wildman–Crippen MR) is 112 cm³/mol. The summed E-state index contributed by atoms with van der Waals surface area (Å²) in [6.07, 6.45) is 2.20. The van der Waals surface area contributed by atoms with E-state index in [4.69, 9.17) is 22.1 Å². The van der Waals surface area contributed by atoms with Crippen LogP contribution in [-0.4, -0.2) is 32.9 Å². The topological polar surface area (TPSA) is 35.2 Å². The van der Waals surface area contributed by atoms with Gasteiger partial charge in [-0.2, -0.15) is 5.10 Å². The Bertz CT molecular complexity index is 986. The molecule has 0 amide bonds. The van der Waals surface area contributed by atoms with Crippen molar-refractivity contribution in [2.24, 2.45) is 7.05 Å². The van der Waals surface area contributed by atoms with E-state index >= 15 is 0 Å². The number of methoxy groups -OCH3 is 1. The van der Waals surface area contributed by atoms with Crippen LogP contribution in [0.3, 0.4) is 0 Å². The minimum atomic E-state index is 0.438. The van der Waals surface area contributed by atoms with Gasteiger partial charge >= 0.3 is 0 Å². The second kappa shape index (κ2) is 7.58. The smallest absolute Gasteiger partial charge is 0.199 e. The van der Waals surface area contributed by atoms with E-state index in [0.717, 1.165) is 48.0 Å². The third-order valence-corrected chi connectivity index (χ3v) is 6.78. The SMILES string of the molecule is CC[C@H]1c2ccsc2CCN1Cn1nc(-c2ccc(OC)cc2)n(C)c1=S. The molecule has 3 aromatic rings. The van der Waals surface area contributed by atoms with Crippen molar-refractivity contribution in [1.29, 1.82) is 0 Å². The van der Waals surface area contributed by atoms with Crippen LogP contribution >= 0.6 is 23.6 Å². The molecule has 0 fully saturated rings. The fourth-order valence-corrected chi connectivity index (χ4v) is 4.95. The first kappa shape index (κ1) is 18.4. The highest BCUT2D eigenvalue weighted by molar-refractivity contribution is 7.71. The molecule has 3 heterocycles. The molecule has 1 aliphatic rings. The Morgan fingerprint density at radius 1 is 1.26 bits per heavy atom. The minimum absolute atomic E-state index is 0.438. The molecule has 142 valence electrons. The van der Waals surface area contributed by atoms with Gasteiger partial charge in [-0.1, -0.05) is 6.92 Å². The van der Waals surface area contributed by atoms with Crippen LogP contribution in [0.1, 0.15) is 29.8 Å². The van der Waals surface area contributed by atoms with Crippen LogP contribution in [0.5, 0.6) is 5.75 Å². The minimum Gasteiger partial charge on any atom is -0.497 e. The molecule has 0 radical (unpaired) electrons. The van der Waals surface area contributed by atoms with Crippen molar-refractivity contribution >= 4 is 23.6 Å². The first-order valence-electron chi connectivity index (χ1n) is 9.21. The van der Waals surface area contributed by atoms with Gasteiger partial charge in [-0.3, -0.25) is 4.90 Å². The van der Waals surface area contributed by atoms with E-state index in [0.29, 0.717) is 6.04 Å². The Labute approximate surface area is 168 Å². The van der Waals surface area contributed by atoms with Gasteiger partial charge in [-0.05, 0) is 66.3 Å². The molecule has 1 atom stereocenters. The highest BCUT2D eigenvalue weighted by atomic mass is 32.1. The molecule has 0 spiro atoms. The molecule has 0 bridgehead atoms. The van der Waals surface area contributed by atoms with Gasteiger partial charge in [-0.15, -0.1) is 11.3 Å². The van der Waals surface area contributed by atoms with Gasteiger partial charge in [0.2, 0.25) is 0 Å². The molecule has 27 heavy (non-hydrogen) atoms. The van der Waals surface area contributed by atoms with E-state index in [-0.39, 0.29) is 0 Å². The number of thiophene rings is 1. The maximum absolute atomic E-state index is 5.68. The number of ether oxygens (including phenoxy) is 1. The Hall–Kier alpha value is -1.96. The maximum Gasteiger partial charge on any atom is 0.199 e. The summed E-state index contributed by atoms with van der Waals surface area (Å²) in [6, 6.07) is 10.7. The number of rotatable bonds is 5. The van der Waals surface area contributed by atoms with Crippen LogP contribution in [0.25, 0.3) is 11.4 Å². The number of benzene rings is 1. The van der Waals surface area contributed by atoms with E-state index in [1.165, 1.54) is 10.4 Å². The van der Waals surface area contributed by atoms with E-state index in [1.54, 1.807) is 7.11 Å². The van der Waals surface area contributed by atoms with Crippen LogP contribution in [0.2, 0.25) is 0 Å². The number of hydrogen-bond donors (Lipinski definition) is 0. The van der Waals surface area contributed by atoms with Gasteiger partial charge < -0.3 is 9.30 Å². The van der Waals surface area contributed by atoms with Gasteiger partial charge in [0.05, 0.1) is 13.8 Å². The molecule has 0 unspecified atom stereocenters. The van der Waals surface area contributed by atoms with Crippen LogP contribution in [-0.2, 0) is 20.1 Å². The van der Waals surface area contributed by atoms with Crippen molar-refractivity contribution < 1.29 is 4.74 Å². The summed E-state index contributed by atoms with van der Waals surface area (Å²) in [5.74, 6) is 1.72. The fraction of sp³-hybridized carbons (Fsp3) is 0.400. The average molecular weight is 401 g/mol. The summed E-state index contributed by atoms with van der Waals surface area (Å²) >= 11 is 7.56. The lowest BCUT2D eigenvalue weighted by atomic mass is 9.98. The zero-order valence-corrected chi connectivity index (χ0v) is 17.5. The van der Waals surface area contributed by atoms with E-state index in [1.807, 2.05) is 51.9 Å². The lowest BCUT2D eigenvalue weighted by molar-refractivity contribution is 0.129. The standard InChI is InChI=1S/C20H24N4OS2/c1-4-17-16-10-12-27-18(16)9-11-23(17)13-24-20(26)22(2)19(21-24)14-5-7-15(25-3)8-6-14/h5-8,10,12,17H,4,9,11,13H2,1-3H3/t17-/m0/s1. The maximum atomic E-state index is 5.68. The number of hydrogen-bond acceptors (Lipinski definition) is 5.